The molecule has 0 aromatic heterocycles. The lowest BCUT2D eigenvalue weighted by atomic mass is 10.1. The molecule has 1 unspecified atom stereocenters. The molecule has 3 rings (SSSR count). The van der Waals surface area contributed by atoms with Gasteiger partial charge in [0.2, 0.25) is 0 Å². The molecule has 1 aromatic rings. The first kappa shape index (κ1) is 11.6. The maximum Gasteiger partial charge on any atom is 0.142 e. The summed E-state index contributed by atoms with van der Waals surface area (Å²) in [6.07, 6.45) is 3.92. The van der Waals surface area contributed by atoms with E-state index in [1.54, 1.807) is 0 Å². The maximum absolute atomic E-state index is 11.8. The second-order valence-electron chi connectivity index (χ2n) is 5.17. The zero-order chi connectivity index (χ0) is 12.4. The normalized spacial score (nSPS) is 23.4. The van der Waals surface area contributed by atoms with Gasteiger partial charge in [0.25, 0.3) is 0 Å². The van der Waals surface area contributed by atoms with Crippen LogP contribution in [0.4, 0.5) is 5.69 Å². The number of carbonyl (C=O) groups excluding carboxylic acids is 1. The summed E-state index contributed by atoms with van der Waals surface area (Å²) >= 11 is 0. The van der Waals surface area contributed by atoms with Crippen molar-refractivity contribution >= 4 is 11.5 Å². The van der Waals surface area contributed by atoms with Crippen molar-refractivity contribution in [3.63, 3.8) is 0 Å². The van der Waals surface area contributed by atoms with E-state index < -0.39 is 0 Å². The highest BCUT2D eigenvalue weighted by Crippen LogP contribution is 2.32. The Hall–Kier alpha value is -1.51. The summed E-state index contributed by atoms with van der Waals surface area (Å²) < 4.78 is 5.74. The molecule has 0 amide bonds. The Morgan fingerprint density at radius 2 is 2.17 bits per heavy atom. The van der Waals surface area contributed by atoms with E-state index in [-0.39, 0.29) is 5.92 Å². The molecule has 1 aromatic carbocycles. The zero-order valence-electron chi connectivity index (χ0n) is 10.6. The number of ketones is 1. The van der Waals surface area contributed by atoms with Gasteiger partial charge in [0.1, 0.15) is 11.5 Å². The average Bonchev–Trinajstić information content (AvgIpc) is 2.68. The summed E-state index contributed by atoms with van der Waals surface area (Å²) in [5.74, 6) is 1.63. The third kappa shape index (κ3) is 2.22. The van der Waals surface area contributed by atoms with Gasteiger partial charge in [0, 0.05) is 25.4 Å². The van der Waals surface area contributed by atoms with E-state index in [1.807, 2.05) is 18.2 Å². The van der Waals surface area contributed by atoms with Crippen molar-refractivity contribution in [1.82, 2.24) is 0 Å². The van der Waals surface area contributed by atoms with E-state index in [2.05, 4.69) is 11.0 Å². The lowest BCUT2D eigenvalue weighted by Gasteiger charge is -2.26. The molecular weight excluding hydrogens is 226 g/mol. The summed E-state index contributed by atoms with van der Waals surface area (Å²) in [5, 5.41) is 0. The van der Waals surface area contributed by atoms with Gasteiger partial charge < -0.3 is 9.64 Å². The van der Waals surface area contributed by atoms with E-state index in [0.717, 1.165) is 56.8 Å². The lowest BCUT2D eigenvalue weighted by molar-refractivity contribution is -0.120. The van der Waals surface area contributed by atoms with Crippen LogP contribution in [-0.4, -0.2) is 25.5 Å². The Morgan fingerprint density at radius 1 is 1.28 bits per heavy atom. The maximum atomic E-state index is 11.8. The zero-order valence-corrected chi connectivity index (χ0v) is 10.6. The van der Waals surface area contributed by atoms with E-state index in [9.17, 15) is 4.79 Å². The minimum Gasteiger partial charge on any atom is -0.491 e. The van der Waals surface area contributed by atoms with Crippen LogP contribution in [0.25, 0.3) is 0 Å². The van der Waals surface area contributed by atoms with Gasteiger partial charge in [-0.05, 0) is 31.4 Å². The number of Topliss-reactive ketones (excluding diaryl/α,β-unsaturated/α-hetero) is 1. The number of rotatable bonds is 2. The number of para-hydroxylation sites is 2. The van der Waals surface area contributed by atoms with Crippen molar-refractivity contribution in [2.24, 2.45) is 5.92 Å². The Labute approximate surface area is 108 Å². The number of ether oxygens (including phenoxy) is 1. The van der Waals surface area contributed by atoms with Crippen LogP contribution in [0.1, 0.15) is 25.7 Å². The van der Waals surface area contributed by atoms with E-state index in [4.69, 9.17) is 4.74 Å². The van der Waals surface area contributed by atoms with Crippen molar-refractivity contribution in [3.05, 3.63) is 24.3 Å². The summed E-state index contributed by atoms with van der Waals surface area (Å²) in [4.78, 5) is 14.1. The summed E-state index contributed by atoms with van der Waals surface area (Å²) in [7, 11) is 0. The molecule has 2 aliphatic rings. The van der Waals surface area contributed by atoms with Gasteiger partial charge in [0.15, 0.2) is 0 Å². The highest BCUT2D eigenvalue weighted by atomic mass is 16.5. The molecule has 1 heterocycles. The highest BCUT2D eigenvalue weighted by molar-refractivity contribution is 5.83. The number of fused-ring (bicyclic) bond motifs is 1. The molecule has 0 radical (unpaired) electrons. The topological polar surface area (TPSA) is 29.5 Å². The van der Waals surface area contributed by atoms with E-state index in [1.165, 1.54) is 0 Å². The monoisotopic (exact) mass is 245 g/mol. The second-order valence-corrected chi connectivity index (χ2v) is 5.17. The molecule has 1 saturated carbocycles. The smallest absolute Gasteiger partial charge is 0.142 e. The number of anilines is 1. The molecule has 1 fully saturated rings. The second kappa shape index (κ2) is 5.01. The van der Waals surface area contributed by atoms with Crippen LogP contribution in [0.3, 0.4) is 0 Å². The van der Waals surface area contributed by atoms with Crippen LogP contribution >= 0.6 is 0 Å². The van der Waals surface area contributed by atoms with Gasteiger partial charge in [-0.1, -0.05) is 12.1 Å². The van der Waals surface area contributed by atoms with E-state index in [0.29, 0.717) is 5.78 Å². The Kier molecular flexibility index (Phi) is 3.22. The van der Waals surface area contributed by atoms with Crippen LogP contribution < -0.4 is 9.64 Å². The molecule has 1 atom stereocenters. The summed E-state index contributed by atoms with van der Waals surface area (Å²) in [6.45, 7) is 2.62. The fourth-order valence-corrected chi connectivity index (χ4v) is 2.94. The quantitative estimate of drug-likeness (QED) is 0.802. The van der Waals surface area contributed by atoms with Gasteiger partial charge in [-0.15, -0.1) is 0 Å². The SMILES string of the molecule is O=C1CCCC1CN1CCCOc2ccccc21. The number of benzene rings is 1. The average molecular weight is 245 g/mol. The van der Waals surface area contributed by atoms with Crippen molar-refractivity contribution in [2.45, 2.75) is 25.7 Å². The number of carbonyl (C=O) groups is 1. The highest BCUT2D eigenvalue weighted by Gasteiger charge is 2.27. The van der Waals surface area contributed by atoms with Crippen LogP contribution in [0.15, 0.2) is 24.3 Å². The molecule has 0 N–H and O–H groups in total. The van der Waals surface area contributed by atoms with Crippen molar-refractivity contribution in [2.75, 3.05) is 24.6 Å². The number of nitrogens with zero attached hydrogens (tertiary/aromatic N) is 1. The largest absolute Gasteiger partial charge is 0.491 e. The van der Waals surface area contributed by atoms with Gasteiger partial charge in [-0.2, -0.15) is 0 Å². The predicted molar refractivity (Wildman–Crippen MR) is 71.1 cm³/mol. The molecule has 96 valence electrons. The molecule has 18 heavy (non-hydrogen) atoms. The van der Waals surface area contributed by atoms with Crippen LogP contribution in [0.5, 0.6) is 5.75 Å². The molecule has 1 aliphatic heterocycles. The minimum atomic E-state index is 0.233. The molecular formula is C15H19NO2. The van der Waals surface area contributed by atoms with Gasteiger partial charge >= 0.3 is 0 Å². The standard InChI is InChI=1S/C15H19NO2/c17-14-7-3-5-12(14)11-16-9-4-10-18-15-8-2-1-6-13(15)16/h1-2,6,8,12H,3-5,7,9-11H2. The number of hydrogen-bond acceptors (Lipinski definition) is 3. The first-order valence-electron chi connectivity index (χ1n) is 6.84. The third-order valence-corrected chi connectivity index (χ3v) is 3.91. The predicted octanol–water partition coefficient (Wildman–Crippen LogP) is 2.64. The van der Waals surface area contributed by atoms with E-state index >= 15 is 0 Å². The summed E-state index contributed by atoms with van der Waals surface area (Å²) in [5.41, 5.74) is 1.15. The van der Waals surface area contributed by atoms with Gasteiger partial charge in [-0.25, -0.2) is 0 Å². The van der Waals surface area contributed by atoms with Crippen LogP contribution in [0, 0.1) is 5.92 Å². The van der Waals surface area contributed by atoms with Gasteiger partial charge in [0.05, 0.1) is 12.3 Å². The Bertz CT molecular complexity index is 444. The fourth-order valence-electron chi connectivity index (χ4n) is 2.94. The Morgan fingerprint density at radius 3 is 3.00 bits per heavy atom. The van der Waals surface area contributed by atoms with Crippen molar-refractivity contribution in [3.8, 4) is 5.75 Å². The molecule has 3 heteroatoms. The lowest BCUT2D eigenvalue weighted by Crippen LogP contribution is -2.31. The van der Waals surface area contributed by atoms with Crippen molar-refractivity contribution in [1.29, 1.82) is 0 Å². The van der Waals surface area contributed by atoms with Gasteiger partial charge in [-0.3, -0.25) is 4.79 Å². The number of hydrogen-bond donors (Lipinski definition) is 0. The van der Waals surface area contributed by atoms with Crippen LogP contribution in [0.2, 0.25) is 0 Å². The summed E-state index contributed by atoms with van der Waals surface area (Å²) in [6, 6.07) is 8.16. The first-order valence-corrected chi connectivity index (χ1v) is 6.84. The first-order chi connectivity index (χ1) is 8.84. The Balaban J connectivity index is 1.81. The molecule has 0 spiro atoms. The molecule has 0 saturated heterocycles. The van der Waals surface area contributed by atoms with Crippen molar-refractivity contribution < 1.29 is 9.53 Å². The molecule has 3 nitrogen and oxygen atoms in total. The minimum absolute atomic E-state index is 0.233. The van der Waals surface area contributed by atoms with Crippen LogP contribution in [-0.2, 0) is 4.79 Å². The fraction of sp³-hybridized carbons (Fsp3) is 0.533. The molecule has 0 bridgehead atoms. The third-order valence-electron chi connectivity index (χ3n) is 3.91. The molecule has 1 aliphatic carbocycles.